The third-order valence-corrected chi connectivity index (χ3v) is 5.47. The molecule has 0 spiro atoms. The Kier molecular flexibility index (Phi) is 6.34. The van der Waals surface area contributed by atoms with Crippen molar-refractivity contribution in [3.05, 3.63) is 59.2 Å². The van der Waals surface area contributed by atoms with Gasteiger partial charge in [0.05, 0.1) is 11.3 Å². The highest BCUT2D eigenvalue weighted by Crippen LogP contribution is 2.26. The highest BCUT2D eigenvalue weighted by molar-refractivity contribution is 5.97. The van der Waals surface area contributed by atoms with Gasteiger partial charge in [0.2, 0.25) is 0 Å². The lowest BCUT2D eigenvalue weighted by Gasteiger charge is -2.33. The summed E-state index contributed by atoms with van der Waals surface area (Å²) >= 11 is 0. The van der Waals surface area contributed by atoms with Crippen molar-refractivity contribution in [1.29, 1.82) is 0 Å². The van der Waals surface area contributed by atoms with E-state index in [1.165, 1.54) is 5.56 Å². The van der Waals surface area contributed by atoms with Crippen molar-refractivity contribution >= 4 is 23.3 Å². The minimum atomic E-state index is -0.494. The number of ether oxygens (including phenoxy) is 1. The van der Waals surface area contributed by atoms with Crippen LogP contribution in [-0.4, -0.2) is 36.0 Å². The molecule has 0 aliphatic carbocycles. The molecule has 1 aliphatic rings. The Balaban J connectivity index is 1.69. The molecular formula is C23H28N2O3. The van der Waals surface area contributed by atoms with Crippen molar-refractivity contribution in [3.8, 4) is 0 Å². The van der Waals surface area contributed by atoms with Crippen LogP contribution in [0.5, 0.6) is 0 Å². The van der Waals surface area contributed by atoms with E-state index < -0.39 is 5.97 Å². The van der Waals surface area contributed by atoms with E-state index in [0.717, 1.165) is 37.1 Å². The molecule has 1 N–H and O–H groups in total. The first-order chi connectivity index (χ1) is 13.5. The quantitative estimate of drug-likeness (QED) is 0.770. The number of para-hydroxylation sites is 1. The topological polar surface area (TPSA) is 58.6 Å². The Morgan fingerprint density at radius 3 is 2.61 bits per heavy atom. The van der Waals surface area contributed by atoms with Gasteiger partial charge in [0, 0.05) is 18.3 Å². The molecule has 1 amide bonds. The predicted molar refractivity (Wildman–Crippen MR) is 111 cm³/mol. The molecule has 0 radical (unpaired) electrons. The van der Waals surface area contributed by atoms with Gasteiger partial charge in [-0.3, -0.25) is 4.79 Å². The number of esters is 1. The van der Waals surface area contributed by atoms with Crippen LogP contribution in [-0.2, 0) is 9.53 Å². The van der Waals surface area contributed by atoms with Gasteiger partial charge in [0.15, 0.2) is 6.61 Å². The van der Waals surface area contributed by atoms with Crippen molar-refractivity contribution < 1.29 is 14.3 Å². The van der Waals surface area contributed by atoms with Gasteiger partial charge in [-0.1, -0.05) is 24.3 Å². The number of piperidine rings is 1. The molecule has 2 aromatic rings. The van der Waals surface area contributed by atoms with E-state index in [9.17, 15) is 9.59 Å². The number of carbonyl (C=O) groups is 2. The van der Waals surface area contributed by atoms with Crippen molar-refractivity contribution in [2.45, 2.75) is 46.1 Å². The fraction of sp³-hybridized carbons (Fsp3) is 0.391. The summed E-state index contributed by atoms with van der Waals surface area (Å²) in [4.78, 5) is 26.9. The SMILES string of the molecule is Cc1cccc(Nc2ccccc2C(=O)OCC(=O)N2CCCC[C@H]2C)c1C. The van der Waals surface area contributed by atoms with Gasteiger partial charge < -0.3 is 15.0 Å². The molecule has 1 aliphatic heterocycles. The van der Waals surface area contributed by atoms with Gasteiger partial charge in [0.1, 0.15) is 0 Å². The zero-order valence-corrected chi connectivity index (χ0v) is 16.8. The average Bonchev–Trinajstić information content (AvgIpc) is 2.70. The van der Waals surface area contributed by atoms with Gasteiger partial charge in [-0.15, -0.1) is 0 Å². The van der Waals surface area contributed by atoms with E-state index >= 15 is 0 Å². The van der Waals surface area contributed by atoms with Crippen molar-refractivity contribution in [2.75, 3.05) is 18.5 Å². The summed E-state index contributed by atoms with van der Waals surface area (Å²) in [5, 5.41) is 3.32. The number of benzene rings is 2. The Bertz CT molecular complexity index is 863. The normalized spacial score (nSPS) is 16.5. The molecule has 148 valence electrons. The van der Waals surface area contributed by atoms with E-state index in [2.05, 4.69) is 5.32 Å². The Hall–Kier alpha value is -2.82. The molecule has 5 nitrogen and oxygen atoms in total. The molecule has 1 atom stereocenters. The first kappa shape index (κ1) is 19.9. The van der Waals surface area contributed by atoms with Crippen LogP contribution in [0, 0.1) is 13.8 Å². The summed E-state index contributed by atoms with van der Waals surface area (Å²) in [6.45, 7) is 6.65. The maximum atomic E-state index is 12.6. The van der Waals surface area contributed by atoms with Crippen LogP contribution < -0.4 is 5.32 Å². The predicted octanol–water partition coefficient (Wildman–Crippen LogP) is 4.60. The van der Waals surface area contributed by atoms with E-state index in [1.54, 1.807) is 12.1 Å². The molecular weight excluding hydrogens is 352 g/mol. The maximum absolute atomic E-state index is 12.6. The van der Waals surface area contributed by atoms with E-state index in [4.69, 9.17) is 4.74 Å². The number of hydrogen-bond donors (Lipinski definition) is 1. The van der Waals surface area contributed by atoms with Crippen LogP contribution in [0.1, 0.15) is 47.7 Å². The largest absolute Gasteiger partial charge is 0.452 e. The molecule has 28 heavy (non-hydrogen) atoms. The lowest BCUT2D eigenvalue weighted by atomic mass is 10.0. The van der Waals surface area contributed by atoms with Gasteiger partial charge >= 0.3 is 5.97 Å². The van der Waals surface area contributed by atoms with Gasteiger partial charge in [-0.25, -0.2) is 4.79 Å². The summed E-state index contributed by atoms with van der Waals surface area (Å²) in [6.07, 6.45) is 3.15. The lowest BCUT2D eigenvalue weighted by Crippen LogP contribution is -2.44. The third kappa shape index (κ3) is 4.53. The molecule has 1 saturated heterocycles. The Labute approximate surface area is 166 Å². The molecule has 0 unspecified atom stereocenters. The number of carbonyl (C=O) groups excluding carboxylic acids is 2. The van der Waals surface area contributed by atoms with Gasteiger partial charge in [0.25, 0.3) is 5.91 Å². The molecule has 3 rings (SSSR count). The second-order valence-electron chi connectivity index (χ2n) is 7.43. The number of amides is 1. The number of hydrogen-bond acceptors (Lipinski definition) is 4. The number of anilines is 2. The molecule has 0 saturated carbocycles. The fourth-order valence-corrected chi connectivity index (χ4v) is 3.56. The molecule has 5 heteroatoms. The summed E-state index contributed by atoms with van der Waals surface area (Å²) in [6, 6.07) is 13.4. The fourth-order valence-electron chi connectivity index (χ4n) is 3.56. The maximum Gasteiger partial charge on any atom is 0.340 e. The highest BCUT2D eigenvalue weighted by Gasteiger charge is 2.24. The van der Waals surface area contributed by atoms with E-state index in [-0.39, 0.29) is 18.6 Å². The Morgan fingerprint density at radius 2 is 1.82 bits per heavy atom. The van der Waals surface area contributed by atoms with Crippen LogP contribution in [0.2, 0.25) is 0 Å². The van der Waals surface area contributed by atoms with Gasteiger partial charge in [-0.05, 0) is 69.4 Å². The first-order valence-corrected chi connectivity index (χ1v) is 9.86. The molecule has 1 fully saturated rings. The monoisotopic (exact) mass is 380 g/mol. The number of aryl methyl sites for hydroxylation is 1. The van der Waals surface area contributed by atoms with E-state index in [0.29, 0.717) is 11.3 Å². The van der Waals surface area contributed by atoms with Crippen LogP contribution in [0.4, 0.5) is 11.4 Å². The molecule has 0 bridgehead atoms. The number of rotatable bonds is 5. The molecule has 2 aromatic carbocycles. The summed E-state index contributed by atoms with van der Waals surface area (Å²) < 4.78 is 5.35. The minimum absolute atomic E-state index is 0.125. The number of nitrogens with one attached hydrogen (secondary N) is 1. The van der Waals surface area contributed by atoms with Crippen molar-refractivity contribution in [3.63, 3.8) is 0 Å². The van der Waals surface area contributed by atoms with Crippen molar-refractivity contribution in [1.82, 2.24) is 4.90 Å². The third-order valence-electron chi connectivity index (χ3n) is 5.47. The second kappa shape index (κ2) is 8.91. The summed E-state index contributed by atoms with van der Waals surface area (Å²) in [5.74, 6) is -0.619. The van der Waals surface area contributed by atoms with Crippen LogP contribution >= 0.6 is 0 Å². The smallest absolute Gasteiger partial charge is 0.340 e. The highest BCUT2D eigenvalue weighted by atomic mass is 16.5. The second-order valence-corrected chi connectivity index (χ2v) is 7.43. The number of nitrogens with zero attached hydrogens (tertiary/aromatic N) is 1. The van der Waals surface area contributed by atoms with Gasteiger partial charge in [-0.2, -0.15) is 0 Å². The van der Waals surface area contributed by atoms with Crippen LogP contribution in [0.25, 0.3) is 0 Å². The molecule has 1 heterocycles. The zero-order valence-electron chi connectivity index (χ0n) is 16.8. The minimum Gasteiger partial charge on any atom is -0.452 e. The number of likely N-dealkylation sites (tertiary alicyclic amines) is 1. The summed E-state index contributed by atoms with van der Waals surface area (Å²) in [7, 11) is 0. The Morgan fingerprint density at radius 1 is 1.07 bits per heavy atom. The molecule has 0 aromatic heterocycles. The summed E-state index contributed by atoms with van der Waals surface area (Å²) in [5.41, 5.74) is 4.33. The lowest BCUT2D eigenvalue weighted by molar-refractivity contribution is -0.137. The van der Waals surface area contributed by atoms with Crippen LogP contribution in [0.3, 0.4) is 0 Å². The van der Waals surface area contributed by atoms with Crippen molar-refractivity contribution in [2.24, 2.45) is 0 Å². The first-order valence-electron chi connectivity index (χ1n) is 9.86. The van der Waals surface area contributed by atoms with Crippen LogP contribution in [0.15, 0.2) is 42.5 Å². The zero-order chi connectivity index (χ0) is 20.1. The standard InChI is InChI=1S/C23H28N2O3/c1-16-9-8-13-20(18(16)3)24-21-12-5-4-11-19(21)23(27)28-15-22(26)25-14-7-6-10-17(25)2/h4-5,8-9,11-13,17,24H,6-7,10,14-15H2,1-3H3/t17-/m1/s1. The average molecular weight is 380 g/mol. The van der Waals surface area contributed by atoms with E-state index in [1.807, 2.05) is 56.0 Å².